The number of nitrogens with zero attached hydrogens (tertiary/aromatic N) is 3. The van der Waals surface area contributed by atoms with Crippen LogP contribution in [0.1, 0.15) is 16.1 Å². The van der Waals surface area contributed by atoms with E-state index in [0.717, 1.165) is 12.1 Å². The van der Waals surface area contributed by atoms with Gasteiger partial charge in [0, 0.05) is 45.1 Å². The van der Waals surface area contributed by atoms with Crippen LogP contribution in [0.3, 0.4) is 0 Å². The number of carbonyl (C=O) groups is 2. The van der Waals surface area contributed by atoms with Crippen molar-refractivity contribution < 1.29 is 22.8 Å². The minimum atomic E-state index is -4.39. The molecule has 0 aliphatic carbocycles. The first-order chi connectivity index (χ1) is 12.3. The SMILES string of the molecule is Cn1cccc1C(=O)C(=O)N1CCN(c2cccc(C(F)(F)F)c2)CC1. The average Bonchev–Trinajstić information content (AvgIpc) is 3.06. The first-order valence-electron chi connectivity index (χ1n) is 8.14. The lowest BCUT2D eigenvalue weighted by molar-refractivity contribution is -0.137. The summed E-state index contributed by atoms with van der Waals surface area (Å²) >= 11 is 0. The molecule has 138 valence electrons. The topological polar surface area (TPSA) is 45.6 Å². The number of hydrogen-bond acceptors (Lipinski definition) is 3. The van der Waals surface area contributed by atoms with Crippen LogP contribution in [-0.4, -0.2) is 47.3 Å². The number of amides is 1. The number of benzene rings is 1. The van der Waals surface area contributed by atoms with Gasteiger partial charge < -0.3 is 14.4 Å². The van der Waals surface area contributed by atoms with Crippen molar-refractivity contribution in [3.8, 4) is 0 Å². The number of hydrogen-bond donors (Lipinski definition) is 0. The summed E-state index contributed by atoms with van der Waals surface area (Å²) in [5.74, 6) is -1.17. The highest BCUT2D eigenvalue weighted by Gasteiger charge is 2.32. The van der Waals surface area contributed by atoms with E-state index in [0.29, 0.717) is 24.5 Å². The predicted molar refractivity (Wildman–Crippen MR) is 90.0 cm³/mol. The van der Waals surface area contributed by atoms with Crippen LogP contribution in [-0.2, 0) is 18.0 Å². The zero-order valence-corrected chi connectivity index (χ0v) is 14.2. The largest absolute Gasteiger partial charge is 0.416 e. The van der Waals surface area contributed by atoms with Gasteiger partial charge in [-0.3, -0.25) is 9.59 Å². The van der Waals surface area contributed by atoms with E-state index in [4.69, 9.17) is 0 Å². The summed E-state index contributed by atoms with van der Waals surface area (Å²) in [5.41, 5.74) is 0.0726. The van der Waals surface area contributed by atoms with Crippen molar-refractivity contribution in [3.63, 3.8) is 0 Å². The number of aromatic nitrogens is 1. The zero-order valence-electron chi connectivity index (χ0n) is 14.2. The summed E-state index contributed by atoms with van der Waals surface area (Å²) in [7, 11) is 1.69. The fraction of sp³-hybridized carbons (Fsp3) is 0.333. The molecule has 0 spiro atoms. The number of rotatable bonds is 3. The maximum absolute atomic E-state index is 12.8. The zero-order chi connectivity index (χ0) is 18.9. The maximum atomic E-state index is 12.8. The lowest BCUT2D eigenvalue weighted by atomic mass is 10.1. The van der Waals surface area contributed by atoms with Crippen LogP contribution in [0.4, 0.5) is 18.9 Å². The number of piperazine rings is 1. The van der Waals surface area contributed by atoms with Crippen molar-refractivity contribution in [2.75, 3.05) is 31.1 Å². The number of carbonyl (C=O) groups excluding carboxylic acids is 2. The van der Waals surface area contributed by atoms with E-state index in [9.17, 15) is 22.8 Å². The molecule has 2 heterocycles. The van der Waals surface area contributed by atoms with Gasteiger partial charge in [-0.05, 0) is 30.3 Å². The van der Waals surface area contributed by atoms with Gasteiger partial charge >= 0.3 is 6.18 Å². The fourth-order valence-electron chi connectivity index (χ4n) is 3.00. The summed E-state index contributed by atoms with van der Waals surface area (Å²) in [4.78, 5) is 27.9. The molecule has 0 unspecified atom stereocenters. The Hall–Kier alpha value is -2.77. The number of alkyl halides is 3. The average molecular weight is 365 g/mol. The van der Waals surface area contributed by atoms with Crippen LogP contribution in [0.25, 0.3) is 0 Å². The molecule has 0 atom stereocenters. The van der Waals surface area contributed by atoms with Gasteiger partial charge in [0.1, 0.15) is 0 Å². The highest BCUT2D eigenvalue weighted by atomic mass is 19.4. The highest BCUT2D eigenvalue weighted by molar-refractivity contribution is 6.42. The normalized spacial score (nSPS) is 15.2. The van der Waals surface area contributed by atoms with Gasteiger partial charge in [0.2, 0.25) is 0 Å². The van der Waals surface area contributed by atoms with Gasteiger partial charge in [-0.15, -0.1) is 0 Å². The molecule has 5 nitrogen and oxygen atoms in total. The molecule has 0 saturated carbocycles. The van der Waals surface area contributed by atoms with Crippen LogP contribution in [0.15, 0.2) is 42.6 Å². The third-order valence-electron chi connectivity index (χ3n) is 4.48. The summed E-state index contributed by atoms with van der Waals surface area (Å²) in [5, 5.41) is 0. The second-order valence-electron chi connectivity index (χ2n) is 6.16. The van der Waals surface area contributed by atoms with E-state index in [2.05, 4.69) is 0 Å². The first kappa shape index (κ1) is 18.0. The molecule has 1 aliphatic rings. The van der Waals surface area contributed by atoms with Crippen LogP contribution >= 0.6 is 0 Å². The Bertz CT molecular complexity index is 821. The molecule has 26 heavy (non-hydrogen) atoms. The fourth-order valence-corrected chi connectivity index (χ4v) is 3.00. The Balaban J connectivity index is 1.65. The van der Waals surface area contributed by atoms with Crippen LogP contribution < -0.4 is 4.90 Å². The number of aryl methyl sites for hydroxylation is 1. The van der Waals surface area contributed by atoms with E-state index >= 15 is 0 Å². The molecule has 1 saturated heterocycles. The third-order valence-corrected chi connectivity index (χ3v) is 4.48. The molecule has 0 bridgehead atoms. The standard InChI is InChI=1S/C18H18F3N3O2/c1-22-7-3-6-15(22)16(25)17(26)24-10-8-23(9-11-24)14-5-2-4-13(12-14)18(19,20)21/h2-7,12H,8-11H2,1H3. The Morgan fingerprint density at radius 2 is 1.69 bits per heavy atom. The van der Waals surface area contributed by atoms with E-state index in [1.165, 1.54) is 11.0 Å². The number of halogens is 3. The van der Waals surface area contributed by atoms with Crippen LogP contribution in [0, 0.1) is 0 Å². The van der Waals surface area contributed by atoms with E-state index in [-0.39, 0.29) is 13.1 Å². The minimum Gasteiger partial charge on any atom is -0.368 e. The Morgan fingerprint density at radius 3 is 2.27 bits per heavy atom. The molecule has 0 radical (unpaired) electrons. The summed E-state index contributed by atoms with van der Waals surface area (Å²) < 4.78 is 40.1. The molecule has 1 aromatic carbocycles. The summed E-state index contributed by atoms with van der Waals surface area (Å²) in [6.07, 6.45) is -2.71. The number of Topliss-reactive ketones (excluding diaryl/α,β-unsaturated/α-hetero) is 1. The van der Waals surface area contributed by atoms with Gasteiger partial charge in [-0.25, -0.2) is 0 Å². The van der Waals surface area contributed by atoms with Crippen molar-refractivity contribution >= 4 is 17.4 Å². The van der Waals surface area contributed by atoms with Crippen molar-refractivity contribution in [1.82, 2.24) is 9.47 Å². The summed E-state index contributed by atoms with van der Waals surface area (Å²) in [6.45, 7) is 1.30. The van der Waals surface area contributed by atoms with E-state index in [1.54, 1.807) is 40.9 Å². The van der Waals surface area contributed by atoms with Crippen LogP contribution in [0.2, 0.25) is 0 Å². The second kappa shape index (κ2) is 6.86. The number of anilines is 1. The second-order valence-corrected chi connectivity index (χ2v) is 6.16. The Kier molecular flexibility index (Phi) is 4.76. The van der Waals surface area contributed by atoms with Gasteiger partial charge in [0.05, 0.1) is 11.3 Å². The Morgan fingerprint density at radius 1 is 1.00 bits per heavy atom. The first-order valence-corrected chi connectivity index (χ1v) is 8.14. The van der Waals surface area contributed by atoms with Gasteiger partial charge in [-0.2, -0.15) is 13.2 Å². The predicted octanol–water partition coefficient (Wildman–Crippen LogP) is 2.58. The quantitative estimate of drug-likeness (QED) is 0.620. The molecule has 1 amide bonds. The summed E-state index contributed by atoms with van der Waals surface area (Å²) in [6, 6.07) is 8.38. The van der Waals surface area contributed by atoms with Crippen molar-refractivity contribution in [2.45, 2.75) is 6.18 Å². The molecule has 1 fully saturated rings. The van der Waals surface area contributed by atoms with Crippen LogP contribution in [0.5, 0.6) is 0 Å². The van der Waals surface area contributed by atoms with Crippen molar-refractivity contribution in [2.24, 2.45) is 7.05 Å². The minimum absolute atomic E-state index is 0.283. The molecule has 1 aliphatic heterocycles. The maximum Gasteiger partial charge on any atom is 0.416 e. The lowest BCUT2D eigenvalue weighted by Gasteiger charge is -2.36. The lowest BCUT2D eigenvalue weighted by Crippen LogP contribution is -2.50. The molecule has 3 rings (SSSR count). The molecule has 1 aromatic heterocycles. The third kappa shape index (κ3) is 3.58. The molecular formula is C18H18F3N3O2. The highest BCUT2D eigenvalue weighted by Crippen LogP contribution is 2.31. The van der Waals surface area contributed by atoms with Gasteiger partial charge in [0.25, 0.3) is 11.7 Å². The van der Waals surface area contributed by atoms with E-state index < -0.39 is 23.4 Å². The molecule has 0 N–H and O–H groups in total. The Labute approximate surface area is 148 Å². The monoisotopic (exact) mass is 365 g/mol. The molecule has 2 aromatic rings. The molecular weight excluding hydrogens is 347 g/mol. The smallest absolute Gasteiger partial charge is 0.368 e. The number of ketones is 1. The van der Waals surface area contributed by atoms with Crippen molar-refractivity contribution in [3.05, 3.63) is 53.9 Å². The molecule has 8 heteroatoms. The van der Waals surface area contributed by atoms with Gasteiger partial charge in [-0.1, -0.05) is 6.07 Å². The van der Waals surface area contributed by atoms with Crippen molar-refractivity contribution in [1.29, 1.82) is 0 Å². The van der Waals surface area contributed by atoms with Gasteiger partial charge in [0.15, 0.2) is 0 Å². The van der Waals surface area contributed by atoms with E-state index in [1.807, 2.05) is 0 Å².